The smallest absolute Gasteiger partial charge is 0.353 e. The van der Waals surface area contributed by atoms with Crippen molar-refractivity contribution in [1.82, 2.24) is 0 Å². The van der Waals surface area contributed by atoms with Crippen LogP contribution in [0.2, 0.25) is 0 Å². The molecule has 0 atom stereocenters. The second-order valence-electron chi connectivity index (χ2n) is 4.63. The van der Waals surface area contributed by atoms with Crippen molar-refractivity contribution in [3.63, 3.8) is 0 Å². The summed E-state index contributed by atoms with van der Waals surface area (Å²) in [6.45, 7) is 2.10. The van der Waals surface area contributed by atoms with Gasteiger partial charge in [0.15, 0.2) is 0 Å². The number of benzene rings is 2. The second kappa shape index (κ2) is 7.45. The molecule has 7 heteroatoms. The van der Waals surface area contributed by atoms with Crippen molar-refractivity contribution in [3.8, 4) is 5.75 Å². The maximum atomic E-state index is 13.6. The highest BCUT2D eigenvalue weighted by Gasteiger charge is 2.35. The molecule has 2 aromatic carbocycles. The van der Waals surface area contributed by atoms with Gasteiger partial charge in [0, 0.05) is 17.0 Å². The minimum atomic E-state index is -4.11. The molecule has 0 fully saturated rings. The predicted octanol–water partition coefficient (Wildman–Crippen LogP) is 5.94. The molecule has 0 radical (unpaired) electrons. The van der Waals surface area contributed by atoms with Gasteiger partial charge in [-0.1, -0.05) is 19.1 Å². The summed E-state index contributed by atoms with van der Waals surface area (Å²) in [7, 11) is 0. The first-order chi connectivity index (χ1) is 10.8. The fraction of sp³-hybridized carbons (Fsp3) is 0.250. The standard InChI is InChI=1S/C16H13ClF4OS/c1-2-23-12-5-3-10(4-6-12)9-22-11-7-13(18)15(14(19)8-11)16(17,20)21/h3-8H,2,9H2,1H3. The third-order valence-electron chi connectivity index (χ3n) is 2.94. The molecule has 1 nitrogen and oxygen atoms in total. The predicted molar refractivity (Wildman–Crippen MR) is 83.3 cm³/mol. The molecule has 124 valence electrons. The summed E-state index contributed by atoms with van der Waals surface area (Å²) in [5.41, 5.74) is -0.689. The summed E-state index contributed by atoms with van der Waals surface area (Å²) < 4.78 is 58.2. The zero-order valence-electron chi connectivity index (χ0n) is 12.1. The van der Waals surface area contributed by atoms with E-state index in [1.54, 1.807) is 11.8 Å². The molecule has 0 saturated heterocycles. The first-order valence-corrected chi connectivity index (χ1v) is 8.08. The maximum absolute atomic E-state index is 13.6. The summed E-state index contributed by atoms with van der Waals surface area (Å²) in [5, 5.41) is -4.11. The quantitative estimate of drug-likeness (QED) is 0.356. The molecule has 23 heavy (non-hydrogen) atoms. The number of halogens is 5. The van der Waals surface area contributed by atoms with Gasteiger partial charge in [0.05, 0.1) is 0 Å². The number of hydrogen-bond acceptors (Lipinski definition) is 2. The number of hydrogen-bond donors (Lipinski definition) is 0. The van der Waals surface area contributed by atoms with E-state index in [2.05, 4.69) is 11.6 Å². The van der Waals surface area contributed by atoms with Crippen molar-refractivity contribution >= 4 is 23.4 Å². The number of rotatable bonds is 6. The van der Waals surface area contributed by atoms with E-state index in [1.165, 1.54) is 0 Å². The molecule has 0 bridgehead atoms. The van der Waals surface area contributed by atoms with Gasteiger partial charge in [-0.2, -0.15) is 8.78 Å². The lowest BCUT2D eigenvalue weighted by atomic mass is 10.2. The van der Waals surface area contributed by atoms with Gasteiger partial charge in [-0.25, -0.2) is 8.78 Å². The third kappa shape index (κ3) is 4.78. The van der Waals surface area contributed by atoms with Gasteiger partial charge in [-0.15, -0.1) is 11.8 Å². The summed E-state index contributed by atoms with van der Waals surface area (Å²) in [5.74, 6) is -2.13. The highest BCUT2D eigenvalue weighted by Crippen LogP contribution is 2.37. The van der Waals surface area contributed by atoms with E-state index < -0.39 is 22.6 Å². The van der Waals surface area contributed by atoms with E-state index in [4.69, 9.17) is 4.74 Å². The van der Waals surface area contributed by atoms with Crippen LogP contribution < -0.4 is 4.74 Å². The molecular weight excluding hydrogens is 352 g/mol. The number of alkyl halides is 3. The molecule has 0 aliphatic carbocycles. The van der Waals surface area contributed by atoms with Crippen LogP contribution in [0, 0.1) is 11.6 Å². The second-order valence-corrected chi connectivity index (χ2v) is 6.44. The Morgan fingerprint density at radius 2 is 1.65 bits per heavy atom. The van der Waals surface area contributed by atoms with Crippen LogP contribution >= 0.6 is 23.4 Å². The van der Waals surface area contributed by atoms with Crippen LogP contribution in [0.5, 0.6) is 5.75 Å². The Balaban J connectivity index is 2.09. The van der Waals surface area contributed by atoms with Crippen LogP contribution in [0.25, 0.3) is 0 Å². The molecule has 0 N–H and O–H groups in total. The molecule has 0 aliphatic rings. The Morgan fingerprint density at radius 3 is 2.13 bits per heavy atom. The lowest BCUT2D eigenvalue weighted by Crippen LogP contribution is -2.10. The monoisotopic (exact) mass is 364 g/mol. The highest BCUT2D eigenvalue weighted by molar-refractivity contribution is 7.99. The van der Waals surface area contributed by atoms with Crippen molar-refractivity contribution in [2.75, 3.05) is 5.75 Å². The minimum Gasteiger partial charge on any atom is -0.489 e. The van der Waals surface area contributed by atoms with Crippen molar-refractivity contribution < 1.29 is 22.3 Å². The number of ether oxygens (including phenoxy) is 1. The van der Waals surface area contributed by atoms with Crippen LogP contribution in [0.3, 0.4) is 0 Å². The SMILES string of the molecule is CCSc1ccc(COc2cc(F)c(C(F)(F)Cl)c(F)c2)cc1. The van der Waals surface area contributed by atoms with E-state index in [-0.39, 0.29) is 12.4 Å². The summed E-state index contributed by atoms with van der Waals surface area (Å²) in [4.78, 5) is 1.10. The normalized spacial score (nSPS) is 11.6. The van der Waals surface area contributed by atoms with Gasteiger partial charge in [0.2, 0.25) is 0 Å². The van der Waals surface area contributed by atoms with Gasteiger partial charge >= 0.3 is 5.38 Å². The first-order valence-electron chi connectivity index (χ1n) is 6.72. The molecular formula is C16H13ClF4OS. The van der Waals surface area contributed by atoms with E-state index in [9.17, 15) is 17.6 Å². The van der Waals surface area contributed by atoms with Gasteiger partial charge in [-0.05, 0) is 35.0 Å². The van der Waals surface area contributed by atoms with Crippen molar-refractivity contribution in [1.29, 1.82) is 0 Å². The first kappa shape index (κ1) is 17.9. The minimum absolute atomic E-state index is 0.0621. The average molecular weight is 365 g/mol. The third-order valence-corrected chi connectivity index (χ3v) is 4.02. The Morgan fingerprint density at radius 1 is 1.09 bits per heavy atom. The molecule has 2 rings (SSSR count). The molecule has 0 aromatic heterocycles. The molecule has 0 amide bonds. The Kier molecular flexibility index (Phi) is 5.81. The van der Waals surface area contributed by atoms with E-state index in [0.717, 1.165) is 16.2 Å². The van der Waals surface area contributed by atoms with Crippen LogP contribution in [0.1, 0.15) is 18.1 Å². The average Bonchev–Trinajstić information content (AvgIpc) is 2.44. The molecule has 0 unspecified atom stereocenters. The van der Waals surface area contributed by atoms with Crippen molar-refractivity contribution in [2.45, 2.75) is 23.8 Å². The summed E-state index contributed by atoms with van der Waals surface area (Å²) >= 11 is 6.36. The van der Waals surface area contributed by atoms with Crippen LogP contribution in [0.15, 0.2) is 41.3 Å². The number of thioether (sulfide) groups is 1. The highest BCUT2D eigenvalue weighted by atomic mass is 35.5. The Labute approximate surface area is 140 Å². The van der Waals surface area contributed by atoms with E-state index in [1.807, 2.05) is 31.2 Å². The molecule has 0 spiro atoms. The molecule has 0 saturated carbocycles. The van der Waals surface area contributed by atoms with Gasteiger partial charge in [-0.3, -0.25) is 0 Å². The van der Waals surface area contributed by atoms with Gasteiger partial charge in [0.1, 0.15) is 29.6 Å². The van der Waals surface area contributed by atoms with Gasteiger partial charge in [0.25, 0.3) is 0 Å². The van der Waals surface area contributed by atoms with Gasteiger partial charge < -0.3 is 4.74 Å². The topological polar surface area (TPSA) is 9.23 Å². The fourth-order valence-electron chi connectivity index (χ4n) is 1.92. The van der Waals surface area contributed by atoms with Crippen LogP contribution in [0.4, 0.5) is 17.6 Å². The Bertz CT molecular complexity index is 648. The maximum Gasteiger partial charge on any atom is 0.353 e. The van der Waals surface area contributed by atoms with E-state index in [0.29, 0.717) is 12.1 Å². The fourth-order valence-corrected chi connectivity index (χ4v) is 2.76. The Hall–Kier alpha value is -1.40. The van der Waals surface area contributed by atoms with Crippen LogP contribution in [-0.4, -0.2) is 5.75 Å². The van der Waals surface area contributed by atoms with Crippen molar-refractivity contribution in [3.05, 3.63) is 59.2 Å². The zero-order valence-corrected chi connectivity index (χ0v) is 13.7. The molecule has 0 heterocycles. The summed E-state index contributed by atoms with van der Waals surface area (Å²) in [6, 6.07) is 8.85. The lowest BCUT2D eigenvalue weighted by Gasteiger charge is -2.13. The zero-order chi connectivity index (χ0) is 17.0. The van der Waals surface area contributed by atoms with Crippen molar-refractivity contribution in [2.24, 2.45) is 0 Å². The van der Waals surface area contributed by atoms with E-state index >= 15 is 0 Å². The summed E-state index contributed by atoms with van der Waals surface area (Å²) in [6.07, 6.45) is 0. The van der Waals surface area contributed by atoms with Crippen LogP contribution in [-0.2, 0) is 12.0 Å². The molecule has 2 aromatic rings. The molecule has 0 aliphatic heterocycles. The lowest BCUT2D eigenvalue weighted by molar-refractivity contribution is 0.0856. The largest absolute Gasteiger partial charge is 0.489 e.